The topological polar surface area (TPSA) is 59.9 Å². The summed E-state index contributed by atoms with van der Waals surface area (Å²) < 4.78 is 0. The van der Waals surface area contributed by atoms with Crippen LogP contribution in [0, 0.1) is 5.92 Å². The molecule has 6 nitrogen and oxygen atoms in total. The summed E-state index contributed by atoms with van der Waals surface area (Å²) in [6.45, 7) is 8.80. The largest absolute Gasteiger partial charge is 0.477 e. The number of pyridine rings is 1. The van der Waals surface area contributed by atoms with E-state index >= 15 is 0 Å². The Bertz CT molecular complexity index is 558. The maximum Gasteiger partial charge on any atom is 0.354 e. The van der Waals surface area contributed by atoms with Crippen molar-refractivity contribution in [1.82, 2.24) is 19.7 Å². The molecule has 24 heavy (non-hydrogen) atoms. The van der Waals surface area contributed by atoms with Gasteiger partial charge in [-0.05, 0) is 44.5 Å². The van der Waals surface area contributed by atoms with E-state index in [9.17, 15) is 4.79 Å². The molecular formula is C18H28N4O2. The van der Waals surface area contributed by atoms with Crippen LogP contribution in [0.4, 0.5) is 0 Å². The molecule has 2 aliphatic rings. The van der Waals surface area contributed by atoms with E-state index in [1.807, 2.05) is 6.07 Å². The third-order valence-electron chi connectivity index (χ3n) is 5.13. The fourth-order valence-electron chi connectivity index (χ4n) is 3.76. The Kier molecular flexibility index (Phi) is 5.81. The summed E-state index contributed by atoms with van der Waals surface area (Å²) in [7, 11) is 2.19. The van der Waals surface area contributed by atoms with Gasteiger partial charge in [-0.15, -0.1) is 0 Å². The molecule has 0 aromatic carbocycles. The van der Waals surface area contributed by atoms with Gasteiger partial charge in [0, 0.05) is 45.8 Å². The first-order valence-electron chi connectivity index (χ1n) is 8.92. The summed E-state index contributed by atoms with van der Waals surface area (Å²) in [6.07, 6.45) is 2.52. The van der Waals surface area contributed by atoms with E-state index in [2.05, 4.69) is 26.7 Å². The highest BCUT2D eigenvalue weighted by Crippen LogP contribution is 2.20. The van der Waals surface area contributed by atoms with E-state index in [1.54, 1.807) is 12.1 Å². The number of hydrogen-bond donors (Lipinski definition) is 1. The van der Waals surface area contributed by atoms with Gasteiger partial charge >= 0.3 is 5.97 Å². The molecule has 0 spiro atoms. The van der Waals surface area contributed by atoms with Crippen LogP contribution in [0.25, 0.3) is 0 Å². The van der Waals surface area contributed by atoms with Crippen LogP contribution >= 0.6 is 0 Å². The summed E-state index contributed by atoms with van der Waals surface area (Å²) in [6, 6.07) is 5.27. The Morgan fingerprint density at radius 1 is 1.21 bits per heavy atom. The molecule has 1 N–H and O–H groups in total. The number of aromatic carboxylic acids is 1. The number of rotatable bonds is 5. The molecule has 0 bridgehead atoms. The third-order valence-corrected chi connectivity index (χ3v) is 5.13. The summed E-state index contributed by atoms with van der Waals surface area (Å²) in [4.78, 5) is 22.7. The minimum atomic E-state index is -0.955. The van der Waals surface area contributed by atoms with Gasteiger partial charge in [0.2, 0.25) is 0 Å². The van der Waals surface area contributed by atoms with Crippen molar-refractivity contribution in [2.24, 2.45) is 5.92 Å². The zero-order valence-corrected chi connectivity index (χ0v) is 14.5. The first-order valence-corrected chi connectivity index (χ1v) is 8.92. The maximum absolute atomic E-state index is 11.1. The third kappa shape index (κ3) is 4.75. The van der Waals surface area contributed by atoms with Gasteiger partial charge in [-0.3, -0.25) is 4.90 Å². The molecule has 0 aliphatic carbocycles. The lowest BCUT2D eigenvalue weighted by atomic mass is 9.97. The number of carboxylic acid groups (broad SMARTS) is 1. The minimum absolute atomic E-state index is 0.137. The monoisotopic (exact) mass is 332 g/mol. The second-order valence-corrected chi connectivity index (χ2v) is 7.17. The van der Waals surface area contributed by atoms with E-state index < -0.39 is 5.97 Å². The summed E-state index contributed by atoms with van der Waals surface area (Å²) >= 11 is 0. The lowest BCUT2D eigenvalue weighted by molar-refractivity contribution is 0.0689. The summed E-state index contributed by atoms with van der Waals surface area (Å²) in [5, 5.41) is 9.07. The number of likely N-dealkylation sites (tertiary alicyclic amines) is 1. The van der Waals surface area contributed by atoms with E-state index in [0.29, 0.717) is 5.92 Å². The van der Waals surface area contributed by atoms with Crippen LogP contribution in [0.1, 0.15) is 29.0 Å². The highest BCUT2D eigenvalue weighted by atomic mass is 16.4. The molecule has 0 saturated carbocycles. The number of carbonyl (C=O) groups is 1. The van der Waals surface area contributed by atoms with Gasteiger partial charge < -0.3 is 14.9 Å². The van der Waals surface area contributed by atoms with Crippen molar-refractivity contribution in [2.75, 3.05) is 52.9 Å². The molecule has 1 unspecified atom stereocenters. The average molecular weight is 332 g/mol. The second-order valence-electron chi connectivity index (χ2n) is 7.17. The number of hydrogen-bond acceptors (Lipinski definition) is 5. The summed E-state index contributed by atoms with van der Waals surface area (Å²) in [5.74, 6) is -0.242. The molecule has 2 fully saturated rings. The van der Waals surface area contributed by atoms with Crippen LogP contribution in [0.2, 0.25) is 0 Å². The Labute approximate surface area is 144 Å². The second kappa shape index (κ2) is 8.05. The Morgan fingerprint density at radius 2 is 2.00 bits per heavy atom. The Hall–Kier alpha value is -1.50. The van der Waals surface area contributed by atoms with Crippen molar-refractivity contribution in [3.8, 4) is 0 Å². The summed E-state index contributed by atoms with van der Waals surface area (Å²) in [5.41, 5.74) is 0.994. The molecule has 132 valence electrons. The molecule has 3 heterocycles. The molecule has 1 aromatic rings. The average Bonchev–Trinajstić information content (AvgIpc) is 2.57. The Morgan fingerprint density at radius 3 is 2.75 bits per heavy atom. The molecule has 0 radical (unpaired) electrons. The fourth-order valence-corrected chi connectivity index (χ4v) is 3.76. The van der Waals surface area contributed by atoms with Crippen LogP contribution < -0.4 is 0 Å². The number of aromatic nitrogens is 1. The van der Waals surface area contributed by atoms with Gasteiger partial charge in [-0.25, -0.2) is 9.78 Å². The number of piperazine rings is 1. The zero-order chi connectivity index (χ0) is 16.9. The van der Waals surface area contributed by atoms with Crippen LogP contribution in [-0.2, 0) is 6.54 Å². The van der Waals surface area contributed by atoms with Gasteiger partial charge in [0.05, 0.1) is 5.69 Å². The normalized spacial score (nSPS) is 24.1. The quantitative estimate of drug-likeness (QED) is 0.875. The molecule has 2 saturated heterocycles. The van der Waals surface area contributed by atoms with Crippen LogP contribution in [0.3, 0.4) is 0 Å². The van der Waals surface area contributed by atoms with Gasteiger partial charge in [-0.1, -0.05) is 6.07 Å². The zero-order valence-electron chi connectivity index (χ0n) is 14.5. The SMILES string of the molecule is CN1CCN(CC2CCCN(Cc3cccc(C(=O)O)n3)C2)CC1. The van der Waals surface area contributed by atoms with Crippen molar-refractivity contribution in [3.05, 3.63) is 29.6 Å². The number of carboxylic acids is 1. The van der Waals surface area contributed by atoms with E-state index in [4.69, 9.17) is 5.11 Å². The van der Waals surface area contributed by atoms with Crippen LogP contribution in [-0.4, -0.2) is 83.6 Å². The lowest BCUT2D eigenvalue weighted by Crippen LogP contribution is -2.48. The van der Waals surface area contributed by atoms with Crippen molar-refractivity contribution in [2.45, 2.75) is 19.4 Å². The molecule has 1 aromatic heterocycles. The smallest absolute Gasteiger partial charge is 0.354 e. The predicted octanol–water partition coefficient (Wildman–Crippen LogP) is 1.24. The standard InChI is InChI=1S/C18H28N4O2/c1-20-8-10-21(11-9-20)12-15-4-3-7-22(13-15)14-16-5-2-6-17(19-16)18(23)24/h2,5-6,15H,3-4,7-14H2,1H3,(H,23,24). The molecule has 0 amide bonds. The molecule has 6 heteroatoms. The number of likely N-dealkylation sites (N-methyl/N-ethyl adjacent to an activating group) is 1. The molecular weight excluding hydrogens is 304 g/mol. The van der Waals surface area contributed by atoms with E-state index in [0.717, 1.165) is 25.3 Å². The van der Waals surface area contributed by atoms with Crippen molar-refractivity contribution >= 4 is 5.97 Å². The minimum Gasteiger partial charge on any atom is -0.477 e. The van der Waals surface area contributed by atoms with Gasteiger partial charge in [-0.2, -0.15) is 0 Å². The van der Waals surface area contributed by atoms with Crippen LogP contribution in [0.15, 0.2) is 18.2 Å². The van der Waals surface area contributed by atoms with Crippen LogP contribution in [0.5, 0.6) is 0 Å². The van der Waals surface area contributed by atoms with E-state index in [-0.39, 0.29) is 5.69 Å². The van der Waals surface area contributed by atoms with E-state index in [1.165, 1.54) is 45.6 Å². The fraction of sp³-hybridized carbons (Fsp3) is 0.667. The Balaban J connectivity index is 1.52. The first-order chi connectivity index (χ1) is 11.6. The first kappa shape index (κ1) is 17.3. The maximum atomic E-state index is 11.1. The van der Waals surface area contributed by atoms with Gasteiger partial charge in [0.25, 0.3) is 0 Å². The van der Waals surface area contributed by atoms with Gasteiger partial charge in [0.1, 0.15) is 5.69 Å². The van der Waals surface area contributed by atoms with Crippen molar-refractivity contribution < 1.29 is 9.90 Å². The molecule has 2 aliphatic heterocycles. The lowest BCUT2D eigenvalue weighted by Gasteiger charge is -2.38. The predicted molar refractivity (Wildman–Crippen MR) is 93.1 cm³/mol. The van der Waals surface area contributed by atoms with Crippen molar-refractivity contribution in [1.29, 1.82) is 0 Å². The molecule has 1 atom stereocenters. The van der Waals surface area contributed by atoms with Crippen molar-refractivity contribution in [3.63, 3.8) is 0 Å². The molecule has 3 rings (SSSR count). The number of piperidine rings is 1. The number of nitrogens with zero attached hydrogens (tertiary/aromatic N) is 4. The highest BCUT2D eigenvalue weighted by Gasteiger charge is 2.24. The van der Waals surface area contributed by atoms with Gasteiger partial charge in [0.15, 0.2) is 0 Å². The highest BCUT2D eigenvalue weighted by molar-refractivity contribution is 5.85.